The molecule has 0 spiro atoms. The van der Waals surface area contributed by atoms with Gasteiger partial charge >= 0.3 is 7.52 Å². The average Bonchev–Trinajstić information content (AvgIpc) is 3.27. The first-order chi connectivity index (χ1) is 17.3. The number of hydrogen-bond donors (Lipinski definition) is 2. The second-order valence-electron chi connectivity index (χ2n) is 8.54. The molecule has 0 bridgehead atoms. The van der Waals surface area contributed by atoms with Gasteiger partial charge in [-0.05, 0) is 38.8 Å². The van der Waals surface area contributed by atoms with Crippen molar-refractivity contribution in [1.29, 1.82) is 0 Å². The summed E-state index contributed by atoms with van der Waals surface area (Å²) in [6, 6.07) is 8.61. The smallest absolute Gasteiger partial charge is 0.342 e. The van der Waals surface area contributed by atoms with E-state index in [0.29, 0.717) is 42.5 Å². The van der Waals surface area contributed by atoms with Gasteiger partial charge in [0.2, 0.25) is 0 Å². The second-order valence-corrected chi connectivity index (χ2v) is 10.6. The molecule has 2 aromatic heterocycles. The zero-order chi connectivity index (χ0) is 26.0. The average molecular weight is 521 g/mol. The van der Waals surface area contributed by atoms with E-state index in [1.807, 2.05) is 50.5 Å². The van der Waals surface area contributed by atoms with Crippen molar-refractivity contribution in [2.24, 2.45) is 0 Å². The van der Waals surface area contributed by atoms with Crippen molar-refractivity contribution in [2.75, 3.05) is 25.3 Å². The molecule has 0 aliphatic heterocycles. The Hall–Kier alpha value is -2.56. The van der Waals surface area contributed by atoms with E-state index >= 15 is 0 Å². The largest absolute Gasteiger partial charge is 0.431 e. The summed E-state index contributed by atoms with van der Waals surface area (Å²) >= 11 is 0. The van der Waals surface area contributed by atoms with Crippen molar-refractivity contribution in [3.63, 3.8) is 0 Å². The molecule has 2 heterocycles. The zero-order valence-corrected chi connectivity index (χ0v) is 22.3. The molecular formula is C24H37N6O5P. The maximum absolute atomic E-state index is 14.0. The van der Waals surface area contributed by atoms with Crippen LogP contribution in [0.5, 0.6) is 5.75 Å². The number of rotatable bonds is 16. The van der Waals surface area contributed by atoms with Crippen LogP contribution in [0.4, 0.5) is 5.82 Å². The number of para-hydroxylation sites is 1. The maximum Gasteiger partial charge on any atom is 0.342 e. The van der Waals surface area contributed by atoms with Crippen LogP contribution in [-0.2, 0) is 25.3 Å². The van der Waals surface area contributed by atoms with Crippen molar-refractivity contribution in [2.45, 2.75) is 65.5 Å². The van der Waals surface area contributed by atoms with Crippen molar-refractivity contribution in [1.82, 2.24) is 24.6 Å². The van der Waals surface area contributed by atoms with E-state index in [1.165, 1.54) is 6.33 Å². The SMILES string of the molecule is CCCOC(OCCC)[C@H](C)N[P@@](=O)(CO[C@H](C)Cn1cnc2c(N)ncnc21)Oc1ccccc1. The van der Waals surface area contributed by atoms with Gasteiger partial charge < -0.3 is 29.0 Å². The first-order valence-electron chi connectivity index (χ1n) is 12.2. The quantitative estimate of drug-likeness (QED) is 0.209. The summed E-state index contributed by atoms with van der Waals surface area (Å²) in [5.74, 6) is 0.793. The van der Waals surface area contributed by atoms with Gasteiger partial charge in [0.15, 0.2) is 17.8 Å². The lowest BCUT2D eigenvalue weighted by Gasteiger charge is -2.30. The highest BCUT2D eigenvalue weighted by Crippen LogP contribution is 2.44. The fraction of sp³-hybridized carbons (Fsp3) is 0.542. The third-order valence-corrected chi connectivity index (χ3v) is 6.98. The lowest BCUT2D eigenvalue weighted by Crippen LogP contribution is -2.41. The molecule has 3 rings (SSSR count). The van der Waals surface area contributed by atoms with Crippen LogP contribution in [0.1, 0.15) is 40.5 Å². The highest BCUT2D eigenvalue weighted by Gasteiger charge is 2.32. The minimum absolute atomic E-state index is 0.161. The van der Waals surface area contributed by atoms with E-state index in [9.17, 15) is 4.57 Å². The van der Waals surface area contributed by atoms with Gasteiger partial charge in [-0.3, -0.25) is 4.57 Å². The van der Waals surface area contributed by atoms with Crippen LogP contribution < -0.4 is 15.3 Å². The number of imidazole rings is 1. The Morgan fingerprint density at radius 3 is 2.39 bits per heavy atom. The van der Waals surface area contributed by atoms with Crippen LogP contribution in [0.15, 0.2) is 43.0 Å². The van der Waals surface area contributed by atoms with Crippen LogP contribution in [0.25, 0.3) is 11.2 Å². The van der Waals surface area contributed by atoms with Crippen molar-refractivity contribution >= 4 is 24.5 Å². The summed E-state index contributed by atoms with van der Waals surface area (Å²) in [5, 5.41) is 3.11. The number of nitrogens with zero attached hydrogens (tertiary/aromatic N) is 4. The Morgan fingerprint density at radius 2 is 1.72 bits per heavy atom. The van der Waals surface area contributed by atoms with E-state index in [0.717, 1.165) is 12.8 Å². The molecule has 3 N–H and O–H groups in total. The first kappa shape index (κ1) is 28.0. The Labute approximate surface area is 212 Å². The van der Waals surface area contributed by atoms with Gasteiger partial charge in [0.25, 0.3) is 0 Å². The summed E-state index contributed by atoms with van der Waals surface area (Å²) in [4.78, 5) is 12.5. The summed E-state index contributed by atoms with van der Waals surface area (Å²) in [6.45, 7) is 9.28. The van der Waals surface area contributed by atoms with E-state index in [2.05, 4.69) is 20.0 Å². The number of aromatic nitrogens is 4. The molecule has 11 nitrogen and oxygen atoms in total. The van der Waals surface area contributed by atoms with E-state index in [1.54, 1.807) is 18.5 Å². The van der Waals surface area contributed by atoms with Crippen molar-refractivity contribution in [3.05, 3.63) is 43.0 Å². The molecule has 0 aliphatic rings. The van der Waals surface area contributed by atoms with Gasteiger partial charge in [0.1, 0.15) is 23.9 Å². The van der Waals surface area contributed by atoms with Crippen LogP contribution in [0.2, 0.25) is 0 Å². The number of nitrogens with one attached hydrogen (secondary N) is 1. The molecule has 1 aromatic carbocycles. The molecule has 3 aromatic rings. The molecule has 0 amide bonds. The molecular weight excluding hydrogens is 483 g/mol. The molecule has 198 valence electrons. The molecule has 12 heteroatoms. The summed E-state index contributed by atoms with van der Waals surface area (Å²) in [5.41, 5.74) is 7.02. The molecule has 36 heavy (non-hydrogen) atoms. The van der Waals surface area contributed by atoms with E-state index in [4.69, 9.17) is 24.5 Å². The van der Waals surface area contributed by atoms with Gasteiger partial charge in [-0.1, -0.05) is 32.0 Å². The molecule has 3 atom stereocenters. The van der Waals surface area contributed by atoms with Crippen molar-refractivity contribution < 1.29 is 23.3 Å². The molecule has 0 unspecified atom stereocenters. The second kappa shape index (κ2) is 13.7. The number of nitrogen functional groups attached to an aromatic ring is 1. The number of fused-ring (bicyclic) bond motifs is 1. The van der Waals surface area contributed by atoms with Gasteiger partial charge in [-0.25, -0.2) is 20.0 Å². The lowest BCUT2D eigenvalue weighted by atomic mass is 10.3. The predicted molar refractivity (Wildman–Crippen MR) is 139 cm³/mol. The van der Waals surface area contributed by atoms with Crippen LogP contribution in [-0.4, -0.2) is 57.5 Å². The van der Waals surface area contributed by atoms with Crippen molar-refractivity contribution in [3.8, 4) is 5.75 Å². The van der Waals surface area contributed by atoms with Crippen LogP contribution >= 0.6 is 7.52 Å². The normalized spacial score (nSPS) is 15.1. The fourth-order valence-corrected chi connectivity index (χ4v) is 5.34. The van der Waals surface area contributed by atoms with Gasteiger partial charge in [0, 0.05) is 13.2 Å². The fourth-order valence-electron chi connectivity index (χ4n) is 3.50. The number of hydrogen-bond acceptors (Lipinski definition) is 9. The highest BCUT2D eigenvalue weighted by atomic mass is 31.2. The monoisotopic (exact) mass is 520 g/mol. The molecule has 0 saturated heterocycles. The maximum atomic E-state index is 14.0. The molecule has 0 fully saturated rings. The summed E-state index contributed by atoms with van der Waals surface area (Å²) in [6.07, 6.45) is 3.66. The topological polar surface area (TPSA) is 136 Å². The minimum Gasteiger partial charge on any atom is -0.431 e. The van der Waals surface area contributed by atoms with Gasteiger partial charge in [-0.2, -0.15) is 0 Å². The lowest BCUT2D eigenvalue weighted by molar-refractivity contribution is -0.154. The van der Waals surface area contributed by atoms with Crippen LogP contribution in [0, 0.1) is 0 Å². The minimum atomic E-state index is -3.52. The molecule has 0 saturated carbocycles. The predicted octanol–water partition coefficient (Wildman–Crippen LogP) is 4.20. The highest BCUT2D eigenvalue weighted by molar-refractivity contribution is 7.57. The number of anilines is 1. The third kappa shape index (κ3) is 7.97. The molecule has 0 aliphatic carbocycles. The standard InChI is InChI=1S/C24H37N6O5P/c1-5-12-32-24(33-13-6-2)19(4)29-36(31,35-20-10-8-7-9-11-20)17-34-18(3)14-30-16-28-21-22(25)26-15-27-23(21)30/h7-11,15-16,18-19,24H,5-6,12-14,17H2,1-4H3,(H,29,31)(H2,25,26,27)/t18-,19+,36-/m1/s1. The Morgan fingerprint density at radius 1 is 1.03 bits per heavy atom. The number of ether oxygens (including phenoxy) is 3. The first-order valence-corrected chi connectivity index (χ1v) is 14.0. The molecule has 0 radical (unpaired) electrons. The zero-order valence-electron chi connectivity index (χ0n) is 21.4. The third-order valence-electron chi connectivity index (χ3n) is 5.19. The summed E-state index contributed by atoms with van der Waals surface area (Å²) < 4.78 is 39.5. The van der Waals surface area contributed by atoms with Gasteiger partial charge in [-0.15, -0.1) is 0 Å². The van der Waals surface area contributed by atoms with Gasteiger partial charge in [0.05, 0.1) is 25.0 Å². The van der Waals surface area contributed by atoms with E-state index in [-0.39, 0.29) is 12.5 Å². The summed E-state index contributed by atoms with van der Waals surface area (Å²) in [7, 11) is -3.52. The van der Waals surface area contributed by atoms with Crippen LogP contribution in [0.3, 0.4) is 0 Å². The Kier molecular flexibility index (Phi) is 10.6. The van der Waals surface area contributed by atoms with E-state index < -0.39 is 19.9 Å². The Balaban J connectivity index is 1.70. The number of benzene rings is 1. The Bertz CT molecular complexity index is 1110. The number of nitrogens with two attached hydrogens (primary N) is 1.